The summed E-state index contributed by atoms with van der Waals surface area (Å²) in [5.41, 5.74) is 3.44. The first-order chi connectivity index (χ1) is 12.7. The van der Waals surface area contributed by atoms with Gasteiger partial charge in [-0.2, -0.15) is 0 Å². The van der Waals surface area contributed by atoms with E-state index in [1.54, 1.807) is 0 Å². The number of pyridine rings is 1. The van der Waals surface area contributed by atoms with E-state index in [0.717, 1.165) is 56.6 Å². The van der Waals surface area contributed by atoms with Crippen LogP contribution in [0, 0.1) is 6.92 Å². The number of aryl methyl sites for hydroxylation is 1. The summed E-state index contributed by atoms with van der Waals surface area (Å²) < 4.78 is 0. The number of aliphatic imine (C=N–C) groups is 1. The first-order valence-electron chi connectivity index (χ1n) is 9.46. The molecule has 1 aliphatic rings. The van der Waals surface area contributed by atoms with Gasteiger partial charge >= 0.3 is 0 Å². The maximum atomic E-state index is 4.81. The molecule has 2 heterocycles. The quantitative estimate of drug-likeness (QED) is 0.664. The highest BCUT2D eigenvalue weighted by Gasteiger charge is 2.19. The molecule has 0 unspecified atom stereocenters. The Labute approximate surface area is 156 Å². The van der Waals surface area contributed by atoms with Gasteiger partial charge in [-0.05, 0) is 31.5 Å². The Morgan fingerprint density at radius 2 is 1.81 bits per heavy atom. The normalized spacial score (nSPS) is 15.9. The fourth-order valence-electron chi connectivity index (χ4n) is 3.23. The van der Waals surface area contributed by atoms with Gasteiger partial charge in [-0.15, -0.1) is 0 Å². The Morgan fingerprint density at radius 3 is 2.50 bits per heavy atom. The van der Waals surface area contributed by atoms with Gasteiger partial charge in [0.1, 0.15) is 0 Å². The lowest BCUT2D eigenvalue weighted by atomic mass is 10.2. The van der Waals surface area contributed by atoms with Crippen molar-refractivity contribution in [3.05, 3.63) is 65.5 Å². The highest BCUT2D eigenvalue weighted by Crippen LogP contribution is 2.09. The number of nitrogens with zero attached hydrogens (tertiary/aromatic N) is 4. The van der Waals surface area contributed by atoms with Gasteiger partial charge in [0.25, 0.3) is 0 Å². The number of piperazine rings is 1. The van der Waals surface area contributed by atoms with E-state index in [1.165, 1.54) is 5.56 Å². The number of benzene rings is 1. The fourth-order valence-corrected chi connectivity index (χ4v) is 3.23. The zero-order chi connectivity index (χ0) is 18.2. The smallest absolute Gasteiger partial charge is 0.194 e. The van der Waals surface area contributed by atoms with Crippen LogP contribution in [0.2, 0.25) is 0 Å². The van der Waals surface area contributed by atoms with Crippen LogP contribution in [0.1, 0.15) is 23.9 Å². The van der Waals surface area contributed by atoms with Gasteiger partial charge in [-0.3, -0.25) is 9.88 Å². The number of hydrogen-bond donors (Lipinski definition) is 1. The van der Waals surface area contributed by atoms with Crippen molar-refractivity contribution >= 4 is 5.96 Å². The minimum atomic E-state index is 0.619. The van der Waals surface area contributed by atoms with Crippen molar-refractivity contribution in [1.82, 2.24) is 20.1 Å². The molecule has 138 valence electrons. The minimum absolute atomic E-state index is 0.619. The van der Waals surface area contributed by atoms with E-state index in [9.17, 15) is 0 Å². The topological polar surface area (TPSA) is 43.8 Å². The van der Waals surface area contributed by atoms with Crippen LogP contribution in [0.15, 0.2) is 53.5 Å². The second-order valence-electron chi connectivity index (χ2n) is 6.69. The Bertz CT molecular complexity index is 705. The van der Waals surface area contributed by atoms with Crippen molar-refractivity contribution in [2.24, 2.45) is 4.99 Å². The molecule has 0 aliphatic carbocycles. The summed E-state index contributed by atoms with van der Waals surface area (Å²) in [7, 11) is 0. The second kappa shape index (κ2) is 9.34. The molecule has 26 heavy (non-hydrogen) atoms. The first kappa shape index (κ1) is 18.4. The van der Waals surface area contributed by atoms with Crippen LogP contribution in [0.5, 0.6) is 0 Å². The Morgan fingerprint density at radius 1 is 1.04 bits per heavy atom. The molecule has 0 bridgehead atoms. The van der Waals surface area contributed by atoms with Crippen molar-refractivity contribution in [2.75, 3.05) is 32.7 Å². The van der Waals surface area contributed by atoms with Crippen LogP contribution in [0.25, 0.3) is 0 Å². The summed E-state index contributed by atoms with van der Waals surface area (Å²) in [4.78, 5) is 14.2. The molecule has 1 saturated heterocycles. The number of rotatable bonds is 5. The standard InChI is InChI=1S/C21H29N5/c1-3-22-21(23-16-20-11-7-8-18(2)24-20)26-14-12-25(13-15-26)17-19-9-5-4-6-10-19/h4-11H,3,12-17H2,1-2H3,(H,22,23). The van der Waals surface area contributed by atoms with Crippen LogP contribution in [0.4, 0.5) is 0 Å². The lowest BCUT2D eigenvalue weighted by Gasteiger charge is -2.36. The average molecular weight is 351 g/mol. The van der Waals surface area contributed by atoms with Gasteiger partial charge in [0.05, 0.1) is 12.2 Å². The van der Waals surface area contributed by atoms with Gasteiger partial charge in [0.15, 0.2) is 5.96 Å². The molecule has 0 atom stereocenters. The molecular formula is C21H29N5. The maximum Gasteiger partial charge on any atom is 0.194 e. The largest absolute Gasteiger partial charge is 0.357 e. The molecule has 0 amide bonds. The van der Waals surface area contributed by atoms with Crippen LogP contribution >= 0.6 is 0 Å². The predicted octanol–water partition coefficient (Wildman–Crippen LogP) is 2.67. The van der Waals surface area contributed by atoms with Gasteiger partial charge < -0.3 is 10.2 Å². The van der Waals surface area contributed by atoms with Gasteiger partial charge in [0.2, 0.25) is 0 Å². The van der Waals surface area contributed by atoms with Crippen molar-refractivity contribution in [2.45, 2.75) is 26.9 Å². The second-order valence-corrected chi connectivity index (χ2v) is 6.69. The number of nitrogens with one attached hydrogen (secondary N) is 1. The summed E-state index contributed by atoms with van der Waals surface area (Å²) in [6.45, 7) is 10.8. The van der Waals surface area contributed by atoms with E-state index in [1.807, 2.05) is 25.1 Å². The van der Waals surface area contributed by atoms with Crippen molar-refractivity contribution in [1.29, 1.82) is 0 Å². The molecule has 0 saturated carbocycles. The lowest BCUT2D eigenvalue weighted by Crippen LogP contribution is -2.52. The van der Waals surface area contributed by atoms with Crippen molar-refractivity contribution in [3.8, 4) is 0 Å². The third-order valence-corrected chi connectivity index (χ3v) is 4.59. The van der Waals surface area contributed by atoms with Gasteiger partial charge in [0, 0.05) is 45.0 Å². The number of hydrogen-bond acceptors (Lipinski definition) is 3. The molecule has 0 spiro atoms. The number of guanidine groups is 1. The van der Waals surface area contributed by atoms with E-state index in [2.05, 4.69) is 57.4 Å². The molecule has 3 rings (SSSR count). The van der Waals surface area contributed by atoms with Crippen LogP contribution in [-0.2, 0) is 13.1 Å². The molecule has 5 heteroatoms. The molecule has 1 fully saturated rings. The average Bonchev–Trinajstić information content (AvgIpc) is 2.67. The highest BCUT2D eigenvalue weighted by molar-refractivity contribution is 5.80. The monoisotopic (exact) mass is 351 g/mol. The molecule has 1 aromatic carbocycles. The predicted molar refractivity (Wildman–Crippen MR) is 107 cm³/mol. The third kappa shape index (κ3) is 5.30. The molecule has 1 aliphatic heterocycles. The van der Waals surface area contributed by atoms with E-state index in [-0.39, 0.29) is 0 Å². The van der Waals surface area contributed by atoms with E-state index < -0.39 is 0 Å². The molecule has 1 aromatic heterocycles. The molecule has 1 N–H and O–H groups in total. The van der Waals surface area contributed by atoms with E-state index in [4.69, 9.17) is 4.99 Å². The summed E-state index contributed by atoms with van der Waals surface area (Å²) in [5.74, 6) is 0.996. The van der Waals surface area contributed by atoms with Crippen LogP contribution in [-0.4, -0.2) is 53.5 Å². The Hall–Kier alpha value is -2.40. The SMILES string of the molecule is CCNC(=NCc1cccc(C)n1)N1CCN(Cc2ccccc2)CC1. The van der Waals surface area contributed by atoms with Gasteiger partial charge in [-0.25, -0.2) is 4.99 Å². The van der Waals surface area contributed by atoms with Gasteiger partial charge in [-0.1, -0.05) is 36.4 Å². The molecule has 0 radical (unpaired) electrons. The van der Waals surface area contributed by atoms with Crippen molar-refractivity contribution < 1.29 is 0 Å². The zero-order valence-corrected chi connectivity index (χ0v) is 15.9. The first-order valence-corrected chi connectivity index (χ1v) is 9.46. The summed E-state index contributed by atoms with van der Waals surface area (Å²) in [6.07, 6.45) is 0. The Kier molecular flexibility index (Phi) is 6.61. The maximum absolute atomic E-state index is 4.81. The fraction of sp³-hybridized carbons (Fsp3) is 0.429. The molecular weight excluding hydrogens is 322 g/mol. The van der Waals surface area contributed by atoms with E-state index >= 15 is 0 Å². The minimum Gasteiger partial charge on any atom is -0.357 e. The summed E-state index contributed by atoms with van der Waals surface area (Å²) in [6, 6.07) is 16.8. The summed E-state index contributed by atoms with van der Waals surface area (Å²) >= 11 is 0. The highest BCUT2D eigenvalue weighted by atomic mass is 15.3. The van der Waals surface area contributed by atoms with E-state index in [0.29, 0.717) is 6.54 Å². The third-order valence-electron chi connectivity index (χ3n) is 4.59. The summed E-state index contributed by atoms with van der Waals surface area (Å²) in [5, 5.41) is 3.43. The molecule has 2 aromatic rings. The Balaban J connectivity index is 1.56. The van der Waals surface area contributed by atoms with Crippen LogP contribution < -0.4 is 5.32 Å². The zero-order valence-electron chi connectivity index (χ0n) is 15.9. The lowest BCUT2D eigenvalue weighted by molar-refractivity contribution is 0.172. The number of aromatic nitrogens is 1. The van der Waals surface area contributed by atoms with Crippen molar-refractivity contribution in [3.63, 3.8) is 0 Å². The molecule has 5 nitrogen and oxygen atoms in total. The van der Waals surface area contributed by atoms with Crippen LogP contribution in [0.3, 0.4) is 0 Å².